The number of nitrogens with zero attached hydrogens (tertiary/aromatic N) is 3. The van der Waals surface area contributed by atoms with E-state index in [9.17, 15) is 8.42 Å². The number of aromatic nitrogens is 2. The van der Waals surface area contributed by atoms with Crippen molar-refractivity contribution in [3.63, 3.8) is 0 Å². The Kier molecular flexibility index (Phi) is 3.22. The van der Waals surface area contributed by atoms with Crippen molar-refractivity contribution in [2.75, 3.05) is 10.6 Å². The maximum absolute atomic E-state index is 12.0. The molecule has 4 rings (SSSR count). The van der Waals surface area contributed by atoms with E-state index in [1.165, 1.54) is 16.1 Å². The number of anilines is 1. The molecule has 3 heterocycles. The number of aryl methyl sites for hydroxylation is 1. The van der Waals surface area contributed by atoms with Gasteiger partial charge in [-0.25, -0.2) is 13.4 Å². The van der Waals surface area contributed by atoms with Gasteiger partial charge in [-0.1, -0.05) is 12.1 Å². The molecule has 2 aromatic heterocycles. The highest BCUT2D eigenvalue weighted by Crippen LogP contribution is 2.36. The smallest absolute Gasteiger partial charge is 0.232 e. The fourth-order valence-corrected chi connectivity index (χ4v) is 4.77. The molecule has 0 N–H and O–H groups in total. The van der Waals surface area contributed by atoms with Crippen LogP contribution in [0.2, 0.25) is 0 Å². The highest BCUT2D eigenvalue weighted by molar-refractivity contribution is 7.92. The lowest BCUT2D eigenvalue weighted by molar-refractivity contribution is 0.590. The lowest BCUT2D eigenvalue weighted by Crippen LogP contribution is -2.34. The van der Waals surface area contributed by atoms with Gasteiger partial charge in [0.25, 0.3) is 0 Å². The number of benzene rings is 1. The second kappa shape index (κ2) is 5.08. The lowest BCUT2D eigenvalue weighted by Gasteiger charge is -2.21. The molecule has 0 saturated heterocycles. The first-order chi connectivity index (χ1) is 11.3. The first-order valence-corrected chi connectivity index (χ1v) is 9.76. The van der Waals surface area contributed by atoms with E-state index in [2.05, 4.69) is 18.0 Å². The Balaban J connectivity index is 1.80. The van der Waals surface area contributed by atoms with Crippen molar-refractivity contribution in [2.24, 2.45) is 0 Å². The van der Waals surface area contributed by atoms with E-state index in [0.717, 1.165) is 34.6 Å². The molecule has 0 fully saturated rings. The highest BCUT2D eigenvalue weighted by Gasteiger charge is 2.32. The number of hydrogen-bond donors (Lipinski definition) is 0. The molecule has 3 aromatic rings. The van der Waals surface area contributed by atoms with Gasteiger partial charge in [0.05, 0.1) is 17.6 Å². The van der Waals surface area contributed by atoms with Crippen LogP contribution >= 0.6 is 0 Å². The van der Waals surface area contributed by atoms with E-state index in [1.54, 1.807) is 0 Å². The number of sulfonamides is 1. The predicted molar refractivity (Wildman–Crippen MR) is 95.9 cm³/mol. The summed E-state index contributed by atoms with van der Waals surface area (Å²) in [6.07, 6.45) is 6.04. The van der Waals surface area contributed by atoms with Gasteiger partial charge >= 0.3 is 0 Å². The summed E-state index contributed by atoms with van der Waals surface area (Å²) in [7, 11) is -3.25. The zero-order valence-electron chi connectivity index (χ0n) is 13.9. The summed E-state index contributed by atoms with van der Waals surface area (Å²) in [5.74, 6) is 0. The Bertz CT molecular complexity index is 1050. The van der Waals surface area contributed by atoms with Gasteiger partial charge in [-0.05, 0) is 49.6 Å². The Morgan fingerprint density at radius 1 is 1.17 bits per heavy atom. The first-order valence-electron chi connectivity index (χ1n) is 7.91. The summed E-state index contributed by atoms with van der Waals surface area (Å²) >= 11 is 0. The average Bonchev–Trinajstić information content (AvgIpc) is 3.04. The molecule has 0 aliphatic carbocycles. The second-order valence-electron chi connectivity index (χ2n) is 6.55. The molecule has 5 nitrogen and oxygen atoms in total. The first kappa shape index (κ1) is 15.2. The molecule has 1 aliphatic rings. The highest BCUT2D eigenvalue weighted by atomic mass is 32.2. The quantitative estimate of drug-likeness (QED) is 0.720. The molecule has 1 aliphatic heterocycles. The summed E-state index contributed by atoms with van der Waals surface area (Å²) in [5, 5.41) is 0. The third-order valence-electron chi connectivity index (χ3n) is 4.48. The molecule has 6 heteroatoms. The van der Waals surface area contributed by atoms with Gasteiger partial charge in [-0.2, -0.15) is 0 Å². The minimum absolute atomic E-state index is 0.0473. The number of pyridine rings is 1. The van der Waals surface area contributed by atoms with Crippen molar-refractivity contribution in [2.45, 2.75) is 26.3 Å². The molecular weight excluding hydrogens is 322 g/mol. The SMILES string of the molecule is Cc1ccc2nc(-c3ccc4c(c3)C[C@@H](C)N4S(C)(=O)=O)cn2c1. The number of imidazole rings is 1. The Morgan fingerprint density at radius 2 is 1.96 bits per heavy atom. The van der Waals surface area contributed by atoms with Gasteiger partial charge in [0.2, 0.25) is 10.0 Å². The van der Waals surface area contributed by atoms with Crippen LogP contribution in [0.4, 0.5) is 5.69 Å². The van der Waals surface area contributed by atoms with Crippen molar-refractivity contribution < 1.29 is 8.42 Å². The van der Waals surface area contributed by atoms with Crippen LogP contribution in [0, 0.1) is 6.92 Å². The van der Waals surface area contributed by atoms with E-state index in [-0.39, 0.29) is 6.04 Å². The summed E-state index contributed by atoms with van der Waals surface area (Å²) < 4.78 is 27.6. The van der Waals surface area contributed by atoms with Gasteiger partial charge in [0.1, 0.15) is 5.65 Å². The minimum Gasteiger partial charge on any atom is -0.306 e. The van der Waals surface area contributed by atoms with Gasteiger partial charge in [-0.3, -0.25) is 4.31 Å². The van der Waals surface area contributed by atoms with Crippen LogP contribution in [0.1, 0.15) is 18.1 Å². The van der Waals surface area contributed by atoms with Gasteiger partial charge < -0.3 is 4.40 Å². The molecule has 0 saturated carbocycles. The van der Waals surface area contributed by atoms with Crippen LogP contribution in [0.5, 0.6) is 0 Å². The van der Waals surface area contributed by atoms with E-state index < -0.39 is 10.0 Å². The van der Waals surface area contributed by atoms with Crippen molar-refractivity contribution >= 4 is 21.4 Å². The molecule has 124 valence electrons. The Morgan fingerprint density at radius 3 is 2.71 bits per heavy atom. The van der Waals surface area contributed by atoms with E-state index in [0.29, 0.717) is 0 Å². The zero-order valence-corrected chi connectivity index (χ0v) is 14.7. The minimum atomic E-state index is -3.25. The van der Waals surface area contributed by atoms with Crippen LogP contribution in [0.15, 0.2) is 42.7 Å². The summed E-state index contributed by atoms with van der Waals surface area (Å²) in [5.41, 5.74) is 5.83. The van der Waals surface area contributed by atoms with Crippen LogP contribution in [0.25, 0.3) is 16.9 Å². The topological polar surface area (TPSA) is 54.7 Å². The van der Waals surface area contributed by atoms with Gasteiger partial charge in [-0.15, -0.1) is 0 Å². The zero-order chi connectivity index (χ0) is 17.1. The molecule has 1 aromatic carbocycles. The molecule has 0 radical (unpaired) electrons. The van der Waals surface area contributed by atoms with Crippen LogP contribution in [-0.2, 0) is 16.4 Å². The van der Waals surface area contributed by atoms with E-state index >= 15 is 0 Å². The molecule has 1 atom stereocenters. The Hall–Kier alpha value is -2.34. The fraction of sp³-hybridized carbons (Fsp3) is 0.278. The van der Waals surface area contributed by atoms with E-state index in [4.69, 9.17) is 0 Å². The molecule has 24 heavy (non-hydrogen) atoms. The van der Waals surface area contributed by atoms with Crippen molar-refractivity contribution in [1.82, 2.24) is 9.38 Å². The maximum atomic E-state index is 12.0. The molecular formula is C18H19N3O2S. The van der Waals surface area contributed by atoms with Crippen molar-refractivity contribution in [1.29, 1.82) is 0 Å². The molecule has 0 unspecified atom stereocenters. The maximum Gasteiger partial charge on any atom is 0.232 e. The third-order valence-corrected chi connectivity index (χ3v) is 5.76. The second-order valence-corrected chi connectivity index (χ2v) is 8.41. The van der Waals surface area contributed by atoms with Crippen LogP contribution in [-0.4, -0.2) is 30.1 Å². The van der Waals surface area contributed by atoms with Crippen molar-refractivity contribution in [3.05, 3.63) is 53.9 Å². The van der Waals surface area contributed by atoms with Gasteiger partial charge in [0.15, 0.2) is 0 Å². The lowest BCUT2D eigenvalue weighted by atomic mass is 10.1. The monoisotopic (exact) mass is 341 g/mol. The summed E-state index contributed by atoms with van der Waals surface area (Å²) in [4.78, 5) is 4.67. The van der Waals surface area contributed by atoms with E-state index in [1.807, 2.05) is 48.0 Å². The van der Waals surface area contributed by atoms with Crippen molar-refractivity contribution in [3.8, 4) is 11.3 Å². The molecule has 0 bridgehead atoms. The summed E-state index contributed by atoms with van der Waals surface area (Å²) in [6.45, 7) is 3.99. The predicted octanol–water partition coefficient (Wildman–Crippen LogP) is 3.02. The number of hydrogen-bond acceptors (Lipinski definition) is 3. The summed E-state index contributed by atoms with van der Waals surface area (Å²) in [6, 6.07) is 9.90. The largest absolute Gasteiger partial charge is 0.306 e. The average molecular weight is 341 g/mol. The normalized spacial score (nSPS) is 17.5. The molecule has 0 amide bonds. The van der Waals surface area contributed by atoms with Crippen LogP contribution < -0.4 is 4.31 Å². The van der Waals surface area contributed by atoms with Crippen LogP contribution in [0.3, 0.4) is 0 Å². The van der Waals surface area contributed by atoms with Gasteiger partial charge in [0, 0.05) is 24.0 Å². The number of fused-ring (bicyclic) bond motifs is 2. The Labute approximate surface area is 141 Å². The fourth-order valence-electron chi connectivity index (χ4n) is 3.51. The molecule has 0 spiro atoms. The standard InChI is InChI=1S/C18H19N3O2S/c1-12-4-7-18-19-16(11-20(18)10-12)14-5-6-17-15(9-14)8-13(2)21(17)24(3,22)23/h4-7,9-11,13H,8H2,1-3H3/t13-/m1/s1. The third kappa shape index (κ3) is 2.38. The number of rotatable bonds is 2.